The molecule has 0 spiro atoms. The lowest BCUT2D eigenvalue weighted by atomic mass is 10.1. The van der Waals surface area contributed by atoms with Crippen LogP contribution in [-0.4, -0.2) is 32.1 Å². The van der Waals surface area contributed by atoms with Gasteiger partial charge in [-0.3, -0.25) is 4.79 Å². The van der Waals surface area contributed by atoms with E-state index in [2.05, 4.69) is 0 Å². The average Bonchev–Trinajstić information content (AvgIpc) is 2.30. The third kappa shape index (κ3) is 7.13. The van der Waals surface area contributed by atoms with Crippen LogP contribution < -0.4 is 0 Å². The topological polar surface area (TPSA) is 44.8 Å². The van der Waals surface area contributed by atoms with Crippen molar-refractivity contribution < 1.29 is 19.0 Å². The van der Waals surface area contributed by atoms with Gasteiger partial charge in [0.2, 0.25) is 0 Å². The lowest BCUT2D eigenvalue weighted by Gasteiger charge is -2.20. The molecule has 0 bridgehead atoms. The van der Waals surface area contributed by atoms with Crippen LogP contribution in [0.25, 0.3) is 0 Å². The molecule has 4 nitrogen and oxygen atoms in total. The monoisotopic (exact) mass is 244 g/mol. The van der Waals surface area contributed by atoms with E-state index in [1.54, 1.807) is 6.92 Å². The second-order valence-corrected chi connectivity index (χ2v) is 3.41. The Kier molecular flexibility index (Phi) is 9.77. The molecule has 0 unspecified atom stereocenters. The summed E-state index contributed by atoms with van der Waals surface area (Å²) in [7, 11) is 0. The largest absolute Gasteiger partial charge is 0.466 e. The minimum absolute atomic E-state index is 0.182. The van der Waals surface area contributed by atoms with Gasteiger partial charge >= 0.3 is 5.97 Å². The molecule has 0 fully saturated rings. The smallest absolute Gasteiger partial charge is 0.306 e. The Bertz CT molecular complexity index is 230. The van der Waals surface area contributed by atoms with Gasteiger partial charge in [-0.05, 0) is 39.7 Å². The fourth-order valence-electron chi connectivity index (χ4n) is 1.44. The highest BCUT2D eigenvalue weighted by atomic mass is 16.7. The molecule has 0 aliphatic carbocycles. The molecule has 4 heteroatoms. The maximum absolute atomic E-state index is 11.3. The Balaban J connectivity index is 4.23. The van der Waals surface area contributed by atoms with Crippen molar-refractivity contribution in [3.05, 3.63) is 11.6 Å². The van der Waals surface area contributed by atoms with Gasteiger partial charge in [0.25, 0.3) is 0 Å². The summed E-state index contributed by atoms with van der Waals surface area (Å²) in [6, 6.07) is 0. The van der Waals surface area contributed by atoms with Crippen LogP contribution in [0, 0.1) is 0 Å². The van der Waals surface area contributed by atoms with E-state index in [0.717, 1.165) is 5.57 Å². The molecule has 0 saturated heterocycles. The molecule has 0 aliphatic heterocycles. The number of hydrogen-bond acceptors (Lipinski definition) is 4. The molecule has 100 valence electrons. The first kappa shape index (κ1) is 16.1. The molecule has 0 atom stereocenters. The number of carbonyl (C=O) groups excluding carboxylic acids is 1. The lowest BCUT2D eigenvalue weighted by molar-refractivity contribution is -0.143. The van der Waals surface area contributed by atoms with E-state index in [1.807, 2.05) is 26.8 Å². The summed E-state index contributed by atoms with van der Waals surface area (Å²) in [5, 5.41) is 0. The predicted molar refractivity (Wildman–Crippen MR) is 66.7 cm³/mol. The van der Waals surface area contributed by atoms with Crippen LogP contribution in [-0.2, 0) is 19.0 Å². The van der Waals surface area contributed by atoms with Crippen molar-refractivity contribution >= 4 is 5.97 Å². The van der Waals surface area contributed by atoms with E-state index in [-0.39, 0.29) is 12.3 Å². The summed E-state index contributed by atoms with van der Waals surface area (Å²) >= 11 is 0. The fourth-order valence-corrected chi connectivity index (χ4v) is 1.44. The van der Waals surface area contributed by atoms with Crippen molar-refractivity contribution in [2.24, 2.45) is 0 Å². The molecule has 0 heterocycles. The summed E-state index contributed by atoms with van der Waals surface area (Å²) in [5.41, 5.74) is 0.988. The van der Waals surface area contributed by atoms with Crippen molar-refractivity contribution in [2.45, 2.75) is 46.8 Å². The Labute approximate surface area is 104 Å². The van der Waals surface area contributed by atoms with Crippen LogP contribution in [0.15, 0.2) is 11.6 Å². The van der Waals surface area contributed by atoms with E-state index >= 15 is 0 Å². The number of ether oxygens (including phenoxy) is 3. The van der Waals surface area contributed by atoms with Gasteiger partial charge < -0.3 is 14.2 Å². The van der Waals surface area contributed by atoms with Crippen molar-refractivity contribution in [1.82, 2.24) is 0 Å². The van der Waals surface area contributed by atoms with E-state index in [4.69, 9.17) is 14.2 Å². The van der Waals surface area contributed by atoms with E-state index in [0.29, 0.717) is 32.7 Å². The molecule has 0 saturated carbocycles. The summed E-state index contributed by atoms with van der Waals surface area (Å²) < 4.78 is 15.9. The standard InChI is InChI=1S/C13H24O4/c1-5-11(9-10-12(14)15-6-2)13(16-7-3)17-8-4/h5,13H,6-10H2,1-4H3/b11-5-. The van der Waals surface area contributed by atoms with Gasteiger partial charge in [0.15, 0.2) is 6.29 Å². The highest BCUT2D eigenvalue weighted by Gasteiger charge is 2.15. The van der Waals surface area contributed by atoms with Gasteiger partial charge in [0, 0.05) is 19.6 Å². The van der Waals surface area contributed by atoms with Gasteiger partial charge in [-0.25, -0.2) is 0 Å². The Hall–Kier alpha value is -0.870. The van der Waals surface area contributed by atoms with Gasteiger partial charge in [-0.2, -0.15) is 0 Å². The lowest BCUT2D eigenvalue weighted by Crippen LogP contribution is -2.21. The number of rotatable bonds is 9. The van der Waals surface area contributed by atoms with Crippen molar-refractivity contribution in [3.8, 4) is 0 Å². The Morgan fingerprint density at radius 3 is 2.06 bits per heavy atom. The normalized spacial score (nSPS) is 11.9. The summed E-state index contributed by atoms with van der Waals surface area (Å²) in [5.74, 6) is -0.182. The first-order chi connectivity index (χ1) is 8.19. The third-order valence-corrected chi connectivity index (χ3v) is 2.23. The predicted octanol–water partition coefficient (Wildman–Crippen LogP) is 2.68. The Morgan fingerprint density at radius 2 is 1.65 bits per heavy atom. The van der Waals surface area contributed by atoms with Crippen LogP contribution in [0.5, 0.6) is 0 Å². The zero-order chi connectivity index (χ0) is 13.1. The molecule has 0 aromatic heterocycles. The van der Waals surface area contributed by atoms with Crippen molar-refractivity contribution in [3.63, 3.8) is 0 Å². The molecule has 0 aliphatic rings. The van der Waals surface area contributed by atoms with Gasteiger partial charge in [0.1, 0.15) is 0 Å². The SMILES string of the molecule is C/C=C(/CCC(=O)OCC)C(OCC)OCC. The molecule has 0 amide bonds. The molecule has 0 radical (unpaired) electrons. The number of hydrogen-bond donors (Lipinski definition) is 0. The molecule has 0 rings (SSSR count). The van der Waals surface area contributed by atoms with Crippen LogP contribution in [0.4, 0.5) is 0 Å². The zero-order valence-electron chi connectivity index (χ0n) is 11.3. The third-order valence-electron chi connectivity index (χ3n) is 2.23. The Morgan fingerprint density at radius 1 is 1.06 bits per heavy atom. The van der Waals surface area contributed by atoms with Gasteiger partial charge in [0.05, 0.1) is 6.61 Å². The highest BCUT2D eigenvalue weighted by Crippen LogP contribution is 2.15. The number of allylic oxidation sites excluding steroid dienone is 1. The second kappa shape index (κ2) is 10.3. The maximum Gasteiger partial charge on any atom is 0.306 e. The maximum atomic E-state index is 11.3. The van der Waals surface area contributed by atoms with Crippen LogP contribution in [0.1, 0.15) is 40.5 Å². The zero-order valence-corrected chi connectivity index (χ0v) is 11.3. The van der Waals surface area contributed by atoms with Gasteiger partial charge in [-0.15, -0.1) is 0 Å². The minimum Gasteiger partial charge on any atom is -0.466 e. The molecular weight excluding hydrogens is 220 g/mol. The van der Waals surface area contributed by atoms with E-state index in [9.17, 15) is 4.79 Å². The molecule has 0 N–H and O–H groups in total. The van der Waals surface area contributed by atoms with Crippen LogP contribution in [0.3, 0.4) is 0 Å². The van der Waals surface area contributed by atoms with Gasteiger partial charge in [-0.1, -0.05) is 6.08 Å². The fraction of sp³-hybridized carbons (Fsp3) is 0.769. The van der Waals surface area contributed by atoms with E-state index < -0.39 is 0 Å². The number of esters is 1. The minimum atomic E-state index is -0.343. The highest BCUT2D eigenvalue weighted by molar-refractivity contribution is 5.69. The average molecular weight is 244 g/mol. The molecule has 0 aromatic carbocycles. The molecule has 17 heavy (non-hydrogen) atoms. The van der Waals surface area contributed by atoms with E-state index in [1.165, 1.54) is 0 Å². The molecular formula is C13H24O4. The summed E-state index contributed by atoms with van der Waals surface area (Å²) in [6.45, 7) is 9.16. The summed E-state index contributed by atoms with van der Waals surface area (Å²) in [6.07, 6.45) is 2.57. The first-order valence-electron chi connectivity index (χ1n) is 6.23. The molecule has 0 aromatic rings. The quantitative estimate of drug-likeness (QED) is 0.355. The second-order valence-electron chi connectivity index (χ2n) is 3.41. The summed E-state index contributed by atoms with van der Waals surface area (Å²) in [4.78, 5) is 11.3. The van der Waals surface area contributed by atoms with Crippen molar-refractivity contribution in [1.29, 1.82) is 0 Å². The van der Waals surface area contributed by atoms with Crippen LogP contribution in [0.2, 0.25) is 0 Å². The van der Waals surface area contributed by atoms with Crippen molar-refractivity contribution in [2.75, 3.05) is 19.8 Å². The number of carbonyl (C=O) groups is 1. The first-order valence-corrected chi connectivity index (χ1v) is 6.23. The van der Waals surface area contributed by atoms with Crippen LogP contribution >= 0.6 is 0 Å².